The summed E-state index contributed by atoms with van der Waals surface area (Å²) in [5.41, 5.74) is 4.55. The second-order valence-electron chi connectivity index (χ2n) is 5.45. The summed E-state index contributed by atoms with van der Waals surface area (Å²) in [6.45, 7) is -0.665. The SMILES string of the molecule is O=C(COc1ccc(Br)cc1Br)NNC(=S)NC(=O)COc1ccc([N+](=O)[O-])cc1. The number of benzene rings is 2. The molecule has 0 aliphatic carbocycles. The standard InChI is InChI=1S/C17H14Br2N4O6S/c18-10-1-6-14(13(19)7-10)29-9-16(25)21-22-17(30)20-15(24)8-28-12-4-2-11(3-5-12)23(26)27/h1-7H,8-9H2,(H,21,25)(H2,20,22,24,30). The lowest BCUT2D eigenvalue weighted by atomic mass is 10.3. The van der Waals surface area contributed by atoms with Gasteiger partial charge in [-0.15, -0.1) is 0 Å². The zero-order valence-corrected chi connectivity index (χ0v) is 19.0. The van der Waals surface area contributed by atoms with Crippen molar-refractivity contribution in [3.05, 3.63) is 61.5 Å². The van der Waals surface area contributed by atoms with Crippen molar-refractivity contribution in [2.75, 3.05) is 13.2 Å². The van der Waals surface area contributed by atoms with Crippen molar-refractivity contribution in [2.45, 2.75) is 0 Å². The van der Waals surface area contributed by atoms with Gasteiger partial charge >= 0.3 is 0 Å². The van der Waals surface area contributed by atoms with Gasteiger partial charge < -0.3 is 9.47 Å². The quantitative estimate of drug-likeness (QED) is 0.267. The number of hydrazine groups is 1. The average Bonchev–Trinajstić information content (AvgIpc) is 2.70. The van der Waals surface area contributed by atoms with Crippen LogP contribution < -0.4 is 25.6 Å². The molecular weight excluding hydrogens is 548 g/mol. The van der Waals surface area contributed by atoms with Crippen molar-refractivity contribution in [3.8, 4) is 11.5 Å². The highest BCUT2D eigenvalue weighted by Crippen LogP contribution is 2.28. The minimum absolute atomic E-state index is 0.0932. The summed E-state index contributed by atoms with van der Waals surface area (Å²) in [5.74, 6) is -0.356. The molecule has 158 valence electrons. The fraction of sp³-hybridized carbons (Fsp3) is 0.118. The third-order valence-corrected chi connectivity index (χ3v) is 4.56. The monoisotopic (exact) mass is 560 g/mol. The molecule has 2 amide bonds. The number of hydrogen-bond donors (Lipinski definition) is 3. The highest BCUT2D eigenvalue weighted by Gasteiger charge is 2.10. The number of carbonyl (C=O) groups is 2. The van der Waals surface area contributed by atoms with Crippen LogP contribution in [-0.4, -0.2) is 35.1 Å². The summed E-state index contributed by atoms with van der Waals surface area (Å²) in [4.78, 5) is 33.7. The summed E-state index contributed by atoms with van der Waals surface area (Å²) >= 11 is 11.5. The molecule has 0 saturated carbocycles. The van der Waals surface area contributed by atoms with E-state index < -0.39 is 16.7 Å². The van der Waals surface area contributed by atoms with Gasteiger partial charge in [0.2, 0.25) is 0 Å². The van der Waals surface area contributed by atoms with Crippen molar-refractivity contribution in [2.24, 2.45) is 0 Å². The fourth-order valence-electron chi connectivity index (χ4n) is 1.91. The summed E-state index contributed by atoms with van der Waals surface area (Å²) in [7, 11) is 0. The highest BCUT2D eigenvalue weighted by atomic mass is 79.9. The van der Waals surface area contributed by atoms with Crippen LogP contribution in [0.4, 0.5) is 5.69 Å². The Hall–Kier alpha value is -2.77. The van der Waals surface area contributed by atoms with Gasteiger partial charge in [-0.25, -0.2) is 0 Å². The summed E-state index contributed by atoms with van der Waals surface area (Å²) in [6.07, 6.45) is 0. The smallest absolute Gasteiger partial charge is 0.276 e. The molecule has 2 rings (SSSR count). The molecule has 3 N–H and O–H groups in total. The number of amides is 2. The molecule has 0 saturated heterocycles. The molecule has 0 spiro atoms. The van der Waals surface area contributed by atoms with E-state index in [-0.39, 0.29) is 29.8 Å². The van der Waals surface area contributed by atoms with Gasteiger partial charge in [-0.3, -0.25) is 35.9 Å². The van der Waals surface area contributed by atoms with E-state index in [4.69, 9.17) is 21.7 Å². The third kappa shape index (κ3) is 7.93. The van der Waals surface area contributed by atoms with E-state index in [0.29, 0.717) is 10.2 Å². The number of halogens is 2. The molecule has 2 aromatic carbocycles. The molecule has 0 heterocycles. The molecule has 13 heteroatoms. The lowest BCUT2D eigenvalue weighted by Crippen LogP contribution is -2.50. The lowest BCUT2D eigenvalue weighted by molar-refractivity contribution is -0.384. The zero-order chi connectivity index (χ0) is 22.1. The number of nitro groups is 1. The highest BCUT2D eigenvalue weighted by molar-refractivity contribution is 9.11. The van der Waals surface area contributed by atoms with E-state index >= 15 is 0 Å². The molecule has 0 radical (unpaired) electrons. The Morgan fingerprint density at radius 2 is 1.67 bits per heavy atom. The second-order valence-corrected chi connectivity index (χ2v) is 7.63. The number of hydrogen-bond acceptors (Lipinski definition) is 7. The van der Waals surface area contributed by atoms with Crippen LogP contribution in [0.25, 0.3) is 0 Å². The van der Waals surface area contributed by atoms with E-state index in [0.717, 1.165) is 4.47 Å². The average molecular weight is 562 g/mol. The van der Waals surface area contributed by atoms with E-state index in [1.807, 2.05) is 0 Å². The number of non-ortho nitro benzene ring substituents is 1. The van der Waals surface area contributed by atoms with Gasteiger partial charge in [0, 0.05) is 16.6 Å². The maximum Gasteiger partial charge on any atom is 0.276 e. The predicted octanol–water partition coefficient (Wildman–Crippen LogP) is 2.60. The van der Waals surface area contributed by atoms with Crippen LogP contribution in [0.5, 0.6) is 11.5 Å². The second kappa shape index (κ2) is 11.4. The first-order valence-electron chi connectivity index (χ1n) is 8.08. The molecule has 0 fully saturated rings. The Balaban J connectivity index is 1.67. The lowest BCUT2D eigenvalue weighted by Gasteiger charge is -2.12. The Bertz CT molecular complexity index is 958. The van der Waals surface area contributed by atoms with Crippen LogP contribution in [0.3, 0.4) is 0 Å². The molecular formula is C17H14Br2N4O6S. The molecule has 30 heavy (non-hydrogen) atoms. The number of nitrogens with zero attached hydrogens (tertiary/aromatic N) is 1. The molecule has 0 atom stereocenters. The Morgan fingerprint density at radius 3 is 2.30 bits per heavy atom. The van der Waals surface area contributed by atoms with Crippen molar-refractivity contribution in [1.82, 2.24) is 16.2 Å². The zero-order valence-electron chi connectivity index (χ0n) is 15.0. The van der Waals surface area contributed by atoms with Crippen molar-refractivity contribution in [3.63, 3.8) is 0 Å². The van der Waals surface area contributed by atoms with Crippen molar-refractivity contribution >= 4 is 66.7 Å². The van der Waals surface area contributed by atoms with Crippen LogP contribution in [0.2, 0.25) is 0 Å². The molecule has 0 aliphatic rings. The molecule has 0 unspecified atom stereocenters. The van der Waals surface area contributed by atoms with Crippen LogP contribution in [0, 0.1) is 10.1 Å². The van der Waals surface area contributed by atoms with E-state index in [2.05, 4.69) is 48.0 Å². The number of rotatable bonds is 7. The van der Waals surface area contributed by atoms with Gasteiger partial charge in [0.25, 0.3) is 17.5 Å². The topological polar surface area (TPSA) is 132 Å². The van der Waals surface area contributed by atoms with Crippen LogP contribution in [0.15, 0.2) is 51.4 Å². The fourth-order valence-corrected chi connectivity index (χ4v) is 3.23. The number of nitrogens with one attached hydrogen (secondary N) is 3. The normalized spacial score (nSPS) is 9.93. The molecule has 0 aliphatic heterocycles. The molecule has 10 nitrogen and oxygen atoms in total. The van der Waals surface area contributed by atoms with Gasteiger partial charge in [-0.05, 0) is 58.5 Å². The molecule has 0 bridgehead atoms. The minimum atomic E-state index is -0.588. The largest absolute Gasteiger partial charge is 0.484 e. The minimum Gasteiger partial charge on any atom is -0.484 e. The third-order valence-electron chi connectivity index (χ3n) is 3.24. The number of carbonyl (C=O) groups excluding carboxylic acids is 2. The molecule has 0 aromatic heterocycles. The van der Waals surface area contributed by atoms with Crippen molar-refractivity contribution in [1.29, 1.82) is 0 Å². The van der Waals surface area contributed by atoms with Gasteiger partial charge in [-0.2, -0.15) is 0 Å². The van der Waals surface area contributed by atoms with Crippen LogP contribution >= 0.6 is 44.1 Å². The Morgan fingerprint density at radius 1 is 1.00 bits per heavy atom. The van der Waals surface area contributed by atoms with Gasteiger partial charge in [0.15, 0.2) is 18.3 Å². The maximum absolute atomic E-state index is 11.8. The van der Waals surface area contributed by atoms with Gasteiger partial charge in [0.1, 0.15) is 11.5 Å². The van der Waals surface area contributed by atoms with Crippen LogP contribution in [0.1, 0.15) is 0 Å². The number of thiocarbonyl (C=S) groups is 1. The van der Waals surface area contributed by atoms with Gasteiger partial charge in [0.05, 0.1) is 9.40 Å². The maximum atomic E-state index is 11.8. The van der Waals surface area contributed by atoms with Crippen molar-refractivity contribution < 1.29 is 24.0 Å². The van der Waals surface area contributed by atoms with E-state index in [9.17, 15) is 19.7 Å². The number of nitro benzene ring substituents is 1. The van der Waals surface area contributed by atoms with E-state index in [1.165, 1.54) is 24.3 Å². The summed E-state index contributed by atoms with van der Waals surface area (Å²) in [5, 5.41) is 12.7. The Labute approximate surface area is 192 Å². The van der Waals surface area contributed by atoms with E-state index in [1.54, 1.807) is 18.2 Å². The first-order chi connectivity index (χ1) is 14.2. The number of ether oxygens (including phenoxy) is 2. The van der Waals surface area contributed by atoms with Crippen LogP contribution in [-0.2, 0) is 9.59 Å². The first kappa shape index (κ1) is 23.5. The summed E-state index contributed by atoms with van der Waals surface area (Å²) < 4.78 is 12.1. The first-order valence-corrected chi connectivity index (χ1v) is 10.1. The van der Waals surface area contributed by atoms with Gasteiger partial charge in [-0.1, -0.05) is 15.9 Å². The molecule has 2 aromatic rings. The predicted molar refractivity (Wildman–Crippen MR) is 118 cm³/mol. The Kier molecular flexibility index (Phi) is 8.95. The summed E-state index contributed by atoms with van der Waals surface area (Å²) in [6, 6.07) is 10.5.